The Hall–Kier alpha value is -3.68. The molecule has 140 valence electrons. The van der Waals surface area contributed by atoms with Crippen LogP contribution >= 0.6 is 0 Å². The third-order valence-corrected chi connectivity index (χ3v) is 4.47. The normalized spacial score (nSPS) is 20.4. The van der Waals surface area contributed by atoms with Crippen LogP contribution in [-0.4, -0.2) is 37.0 Å². The molecule has 1 amide bonds. The van der Waals surface area contributed by atoms with Gasteiger partial charge < -0.3 is 5.32 Å². The fourth-order valence-electron chi connectivity index (χ4n) is 3.05. The fourth-order valence-corrected chi connectivity index (χ4v) is 3.05. The molecule has 0 saturated carbocycles. The zero-order valence-corrected chi connectivity index (χ0v) is 15.4. The summed E-state index contributed by atoms with van der Waals surface area (Å²) in [5.74, 6) is 0.655. The lowest BCUT2D eigenvalue weighted by Gasteiger charge is -2.12. The van der Waals surface area contributed by atoms with E-state index in [1.807, 2.05) is 36.4 Å². The molecule has 0 radical (unpaired) electrons. The van der Waals surface area contributed by atoms with Crippen molar-refractivity contribution in [3.8, 4) is 11.3 Å². The van der Waals surface area contributed by atoms with Gasteiger partial charge in [-0.3, -0.25) is 9.78 Å². The standard InChI is InChI=1S/C20H19N7O/c1-14-10-15(4-2-9-22-13-23-20(14)28)11-19-25-24-18-7-6-17(26-27(18)19)16-5-3-8-21-12-16/h2-3,5-10,12-13,15H,4,11H2,1H3,(H,22,23,28)/b9-2+,14-10+. The number of carbonyl (C=O) groups excluding carboxylic acids is 1. The third kappa shape index (κ3) is 3.85. The van der Waals surface area contributed by atoms with Crippen molar-refractivity contribution >= 4 is 17.9 Å². The van der Waals surface area contributed by atoms with E-state index in [-0.39, 0.29) is 11.8 Å². The van der Waals surface area contributed by atoms with Crippen molar-refractivity contribution < 1.29 is 4.79 Å². The molecular weight excluding hydrogens is 354 g/mol. The molecule has 8 heteroatoms. The molecule has 0 spiro atoms. The van der Waals surface area contributed by atoms with Gasteiger partial charge in [-0.05, 0) is 43.5 Å². The van der Waals surface area contributed by atoms with E-state index in [1.165, 1.54) is 6.34 Å². The highest BCUT2D eigenvalue weighted by atomic mass is 16.1. The molecule has 3 aromatic heterocycles. The van der Waals surface area contributed by atoms with Crippen LogP contribution in [-0.2, 0) is 11.2 Å². The van der Waals surface area contributed by atoms with Gasteiger partial charge in [-0.25, -0.2) is 4.99 Å². The maximum atomic E-state index is 12.0. The van der Waals surface area contributed by atoms with E-state index in [4.69, 9.17) is 5.10 Å². The number of nitrogens with zero attached hydrogens (tertiary/aromatic N) is 6. The van der Waals surface area contributed by atoms with Crippen molar-refractivity contribution in [1.82, 2.24) is 30.1 Å². The summed E-state index contributed by atoms with van der Waals surface area (Å²) in [6.07, 6.45) is 11.9. The van der Waals surface area contributed by atoms with E-state index in [1.54, 1.807) is 30.0 Å². The zero-order valence-electron chi connectivity index (χ0n) is 15.4. The van der Waals surface area contributed by atoms with Crippen LogP contribution in [0.5, 0.6) is 0 Å². The maximum absolute atomic E-state index is 12.0. The van der Waals surface area contributed by atoms with Crippen LogP contribution in [0.15, 0.2) is 65.6 Å². The summed E-state index contributed by atoms with van der Waals surface area (Å²) in [6.45, 7) is 1.79. The van der Waals surface area contributed by atoms with Crippen molar-refractivity contribution in [3.63, 3.8) is 0 Å². The van der Waals surface area contributed by atoms with E-state index in [0.29, 0.717) is 17.6 Å². The van der Waals surface area contributed by atoms with Gasteiger partial charge in [0.2, 0.25) is 0 Å². The molecule has 28 heavy (non-hydrogen) atoms. The van der Waals surface area contributed by atoms with E-state index >= 15 is 0 Å². The Balaban J connectivity index is 1.66. The summed E-state index contributed by atoms with van der Waals surface area (Å²) in [5, 5.41) is 15.9. The molecule has 8 nitrogen and oxygen atoms in total. The molecule has 1 atom stereocenters. The van der Waals surface area contributed by atoms with Crippen LogP contribution in [0.2, 0.25) is 0 Å². The van der Waals surface area contributed by atoms with Gasteiger partial charge in [0.05, 0.1) is 12.0 Å². The molecule has 4 rings (SSSR count). The molecule has 3 aromatic rings. The first-order valence-corrected chi connectivity index (χ1v) is 8.98. The number of aromatic nitrogens is 5. The molecule has 0 saturated heterocycles. The molecule has 0 fully saturated rings. The van der Waals surface area contributed by atoms with Gasteiger partial charge in [-0.1, -0.05) is 12.2 Å². The summed E-state index contributed by atoms with van der Waals surface area (Å²) < 4.78 is 1.76. The number of carbonyl (C=O) groups is 1. The number of aliphatic imine (C=N–C) groups is 1. The Labute approximate surface area is 161 Å². The summed E-state index contributed by atoms with van der Waals surface area (Å²) in [6, 6.07) is 7.63. The number of pyridine rings is 1. The monoisotopic (exact) mass is 373 g/mol. The Bertz CT molecular complexity index is 1080. The smallest absolute Gasteiger partial charge is 0.251 e. The minimum absolute atomic E-state index is 0.0755. The number of allylic oxidation sites excluding steroid dienone is 2. The zero-order chi connectivity index (χ0) is 19.3. The van der Waals surface area contributed by atoms with Crippen molar-refractivity contribution in [1.29, 1.82) is 0 Å². The summed E-state index contributed by atoms with van der Waals surface area (Å²) in [5.41, 5.74) is 3.05. The number of amides is 1. The molecular formula is C20H19N7O. The highest BCUT2D eigenvalue weighted by Crippen LogP contribution is 2.19. The van der Waals surface area contributed by atoms with Crippen LogP contribution in [0.4, 0.5) is 0 Å². The number of fused-ring (bicyclic) bond motifs is 1. The van der Waals surface area contributed by atoms with Crippen molar-refractivity contribution in [2.24, 2.45) is 10.9 Å². The Morgan fingerprint density at radius 1 is 1.25 bits per heavy atom. The predicted octanol–water partition coefficient (Wildman–Crippen LogP) is 2.35. The molecule has 0 aliphatic carbocycles. The molecule has 1 aliphatic heterocycles. The Morgan fingerprint density at radius 3 is 3.04 bits per heavy atom. The third-order valence-electron chi connectivity index (χ3n) is 4.47. The molecule has 0 bridgehead atoms. The first-order chi connectivity index (χ1) is 13.7. The SMILES string of the molecule is C/C1=C\C(Cc2nnc3ccc(-c4cccnc4)nn23)C/C=C/N=CNC1=O. The summed E-state index contributed by atoms with van der Waals surface area (Å²) in [4.78, 5) is 20.2. The summed E-state index contributed by atoms with van der Waals surface area (Å²) in [7, 11) is 0. The van der Waals surface area contributed by atoms with Crippen LogP contribution in [0.25, 0.3) is 16.9 Å². The molecule has 4 heterocycles. The van der Waals surface area contributed by atoms with Gasteiger partial charge in [-0.15, -0.1) is 10.2 Å². The number of hydrogen-bond acceptors (Lipinski definition) is 6. The number of hydrogen-bond donors (Lipinski definition) is 1. The van der Waals surface area contributed by atoms with Gasteiger partial charge in [-0.2, -0.15) is 9.61 Å². The predicted molar refractivity (Wildman–Crippen MR) is 105 cm³/mol. The minimum atomic E-state index is -0.160. The van der Waals surface area contributed by atoms with Crippen molar-refractivity contribution in [2.45, 2.75) is 19.8 Å². The second kappa shape index (κ2) is 7.91. The second-order valence-corrected chi connectivity index (χ2v) is 6.53. The van der Waals surface area contributed by atoms with Gasteiger partial charge in [0.1, 0.15) is 0 Å². The van der Waals surface area contributed by atoms with E-state index < -0.39 is 0 Å². The van der Waals surface area contributed by atoms with E-state index in [0.717, 1.165) is 23.5 Å². The van der Waals surface area contributed by atoms with Crippen LogP contribution in [0, 0.1) is 5.92 Å². The van der Waals surface area contributed by atoms with Crippen LogP contribution in [0.3, 0.4) is 0 Å². The van der Waals surface area contributed by atoms with Gasteiger partial charge in [0.25, 0.3) is 5.91 Å². The lowest BCUT2D eigenvalue weighted by Crippen LogP contribution is -2.23. The van der Waals surface area contributed by atoms with Gasteiger partial charge in [0.15, 0.2) is 11.5 Å². The van der Waals surface area contributed by atoms with Crippen LogP contribution in [0.1, 0.15) is 19.2 Å². The highest BCUT2D eigenvalue weighted by molar-refractivity contribution is 5.99. The molecule has 1 aliphatic rings. The largest absolute Gasteiger partial charge is 0.313 e. The van der Waals surface area contributed by atoms with E-state index in [2.05, 4.69) is 25.5 Å². The van der Waals surface area contributed by atoms with E-state index in [9.17, 15) is 4.79 Å². The first kappa shape index (κ1) is 17.7. The number of rotatable bonds is 3. The van der Waals surface area contributed by atoms with Crippen LogP contribution < -0.4 is 5.32 Å². The maximum Gasteiger partial charge on any atom is 0.251 e. The topological polar surface area (TPSA) is 97.4 Å². The molecule has 1 unspecified atom stereocenters. The number of nitrogens with one attached hydrogen (secondary N) is 1. The first-order valence-electron chi connectivity index (χ1n) is 8.98. The highest BCUT2D eigenvalue weighted by Gasteiger charge is 2.15. The minimum Gasteiger partial charge on any atom is -0.313 e. The second-order valence-electron chi connectivity index (χ2n) is 6.53. The van der Waals surface area contributed by atoms with Gasteiger partial charge in [0, 0.05) is 36.2 Å². The Kier molecular flexibility index (Phi) is 5.01. The fraction of sp³-hybridized carbons (Fsp3) is 0.200. The lowest BCUT2D eigenvalue weighted by atomic mass is 9.97. The summed E-state index contributed by atoms with van der Waals surface area (Å²) >= 11 is 0. The quantitative estimate of drug-likeness (QED) is 0.760. The molecule has 0 aromatic carbocycles. The van der Waals surface area contributed by atoms with Crippen molar-refractivity contribution in [3.05, 3.63) is 66.4 Å². The average molecular weight is 373 g/mol. The Morgan fingerprint density at radius 2 is 2.18 bits per heavy atom. The lowest BCUT2D eigenvalue weighted by molar-refractivity contribution is -0.116. The van der Waals surface area contributed by atoms with Gasteiger partial charge >= 0.3 is 0 Å². The van der Waals surface area contributed by atoms with Crippen molar-refractivity contribution in [2.75, 3.05) is 0 Å². The molecule has 1 N–H and O–H groups in total. The average Bonchev–Trinajstić information content (AvgIpc) is 3.12.